The Bertz CT molecular complexity index is 574. The number of halogens is 1. The smallest absolute Gasteiger partial charge is 0.132 e. The number of ether oxygens (including phenoxy) is 1. The van der Waals surface area contributed by atoms with Crippen LogP contribution in [0.25, 0.3) is 0 Å². The van der Waals surface area contributed by atoms with E-state index in [1.165, 1.54) is 5.56 Å². The van der Waals surface area contributed by atoms with Gasteiger partial charge in [0.2, 0.25) is 0 Å². The molecule has 0 aliphatic rings. The molecule has 0 fully saturated rings. The van der Waals surface area contributed by atoms with Crippen LogP contribution in [-0.4, -0.2) is 13.2 Å². The summed E-state index contributed by atoms with van der Waals surface area (Å²) < 4.78 is 6.51. The Balaban J connectivity index is 2.34. The zero-order valence-corrected chi connectivity index (χ0v) is 13.9. The van der Waals surface area contributed by atoms with Gasteiger partial charge in [-0.3, -0.25) is 0 Å². The summed E-state index contributed by atoms with van der Waals surface area (Å²) >= 11 is 5.35. The molecule has 2 aromatic rings. The van der Waals surface area contributed by atoms with Crippen molar-refractivity contribution in [1.29, 1.82) is 0 Å². The number of hydrogen-bond acceptors (Lipinski definition) is 3. The lowest BCUT2D eigenvalue weighted by Crippen LogP contribution is -2.22. The molecule has 2 N–H and O–H groups in total. The van der Waals surface area contributed by atoms with Crippen molar-refractivity contribution in [3.05, 3.63) is 58.6 Å². The van der Waals surface area contributed by atoms with Gasteiger partial charge in [0.1, 0.15) is 5.75 Å². The quantitative estimate of drug-likeness (QED) is 0.797. The summed E-state index contributed by atoms with van der Waals surface area (Å²) in [4.78, 5) is 1.10. The molecule has 106 valence electrons. The first-order valence-corrected chi connectivity index (χ1v) is 8.10. The molecule has 0 spiro atoms. The minimum Gasteiger partial charge on any atom is -0.496 e. The standard InChI is InChI=1S/C16H18BrNOS/c1-11(18)16(12-7-3-4-8-13(12)17)20-15-10-6-5-9-14(15)19-2/h3-11,16H,18H2,1-2H3. The second-order valence-electron chi connectivity index (χ2n) is 4.57. The topological polar surface area (TPSA) is 35.2 Å². The Morgan fingerprint density at radius 1 is 1.10 bits per heavy atom. The van der Waals surface area contributed by atoms with Gasteiger partial charge < -0.3 is 10.5 Å². The fourth-order valence-corrected chi connectivity index (χ4v) is 3.94. The molecule has 0 heterocycles. The largest absolute Gasteiger partial charge is 0.496 e. The summed E-state index contributed by atoms with van der Waals surface area (Å²) in [5, 5.41) is 0.168. The molecule has 0 amide bonds. The number of benzene rings is 2. The van der Waals surface area contributed by atoms with Gasteiger partial charge in [-0.1, -0.05) is 46.3 Å². The predicted octanol–water partition coefficient (Wildman–Crippen LogP) is 4.64. The van der Waals surface area contributed by atoms with Gasteiger partial charge in [0, 0.05) is 15.4 Å². The van der Waals surface area contributed by atoms with E-state index in [0.29, 0.717) is 0 Å². The molecule has 0 saturated carbocycles. The highest BCUT2D eigenvalue weighted by Gasteiger charge is 2.21. The zero-order valence-electron chi connectivity index (χ0n) is 11.5. The average Bonchev–Trinajstić information content (AvgIpc) is 2.46. The molecule has 2 rings (SSSR count). The molecule has 2 unspecified atom stereocenters. The average molecular weight is 352 g/mol. The van der Waals surface area contributed by atoms with E-state index in [-0.39, 0.29) is 11.3 Å². The van der Waals surface area contributed by atoms with Gasteiger partial charge >= 0.3 is 0 Å². The number of nitrogens with two attached hydrogens (primary N) is 1. The Labute approximate surface area is 132 Å². The molecule has 0 radical (unpaired) electrons. The minimum absolute atomic E-state index is 0.0311. The van der Waals surface area contributed by atoms with Crippen LogP contribution in [0, 0.1) is 0 Å². The third-order valence-corrected chi connectivity index (χ3v) is 5.26. The van der Waals surface area contributed by atoms with Gasteiger partial charge in [-0.2, -0.15) is 0 Å². The summed E-state index contributed by atoms with van der Waals surface area (Å²) in [7, 11) is 1.69. The van der Waals surface area contributed by atoms with Gasteiger partial charge in [0.15, 0.2) is 0 Å². The summed E-state index contributed by atoms with van der Waals surface area (Å²) in [6.07, 6.45) is 0. The van der Waals surface area contributed by atoms with Crippen molar-refractivity contribution in [1.82, 2.24) is 0 Å². The SMILES string of the molecule is COc1ccccc1SC(c1ccccc1Br)C(C)N. The monoisotopic (exact) mass is 351 g/mol. The van der Waals surface area contributed by atoms with Crippen LogP contribution in [0.2, 0.25) is 0 Å². The molecule has 2 nitrogen and oxygen atoms in total. The van der Waals surface area contributed by atoms with Crippen LogP contribution < -0.4 is 10.5 Å². The summed E-state index contributed by atoms with van der Waals surface area (Å²) in [5.74, 6) is 0.884. The molecular formula is C16H18BrNOS. The number of thioether (sulfide) groups is 1. The van der Waals surface area contributed by atoms with Crippen molar-refractivity contribution in [3.8, 4) is 5.75 Å². The number of hydrogen-bond donors (Lipinski definition) is 1. The Morgan fingerprint density at radius 3 is 2.40 bits per heavy atom. The molecule has 0 saturated heterocycles. The molecular weight excluding hydrogens is 334 g/mol. The van der Waals surface area contributed by atoms with Crippen LogP contribution >= 0.6 is 27.7 Å². The van der Waals surface area contributed by atoms with Crippen LogP contribution in [-0.2, 0) is 0 Å². The fraction of sp³-hybridized carbons (Fsp3) is 0.250. The summed E-state index contributed by atoms with van der Waals surface area (Å²) in [6, 6.07) is 16.3. The van der Waals surface area contributed by atoms with E-state index in [1.54, 1.807) is 18.9 Å². The molecule has 0 bridgehead atoms. The lowest BCUT2D eigenvalue weighted by Gasteiger charge is -2.23. The van der Waals surface area contributed by atoms with Crippen molar-refractivity contribution < 1.29 is 4.74 Å². The molecule has 0 aliphatic carbocycles. The van der Waals surface area contributed by atoms with Crippen molar-refractivity contribution in [2.75, 3.05) is 7.11 Å². The van der Waals surface area contributed by atoms with E-state index in [1.807, 2.05) is 43.3 Å². The van der Waals surface area contributed by atoms with Crippen molar-refractivity contribution in [2.45, 2.75) is 23.1 Å². The van der Waals surface area contributed by atoms with Crippen LogP contribution in [0.1, 0.15) is 17.7 Å². The van der Waals surface area contributed by atoms with Gasteiger partial charge in [0.05, 0.1) is 12.4 Å². The molecule has 0 aliphatic heterocycles. The first-order chi connectivity index (χ1) is 9.63. The number of methoxy groups -OCH3 is 1. The molecule has 0 aromatic heterocycles. The summed E-state index contributed by atoms with van der Waals surface area (Å²) in [5.41, 5.74) is 7.40. The Hall–Kier alpha value is -0.970. The van der Waals surface area contributed by atoms with Crippen LogP contribution in [0.4, 0.5) is 0 Å². The second-order valence-corrected chi connectivity index (χ2v) is 6.61. The zero-order chi connectivity index (χ0) is 14.5. The van der Waals surface area contributed by atoms with Crippen LogP contribution in [0.3, 0.4) is 0 Å². The maximum atomic E-state index is 6.19. The van der Waals surface area contributed by atoms with E-state index < -0.39 is 0 Å². The third kappa shape index (κ3) is 3.57. The van der Waals surface area contributed by atoms with Gasteiger partial charge in [0.25, 0.3) is 0 Å². The maximum Gasteiger partial charge on any atom is 0.132 e. The Morgan fingerprint density at radius 2 is 1.75 bits per heavy atom. The highest BCUT2D eigenvalue weighted by Crippen LogP contribution is 2.43. The lowest BCUT2D eigenvalue weighted by molar-refractivity contribution is 0.404. The second kappa shape index (κ2) is 7.16. The third-order valence-electron chi connectivity index (χ3n) is 3.01. The molecule has 2 atom stereocenters. The predicted molar refractivity (Wildman–Crippen MR) is 89.4 cm³/mol. The lowest BCUT2D eigenvalue weighted by atomic mass is 10.1. The first-order valence-electron chi connectivity index (χ1n) is 6.43. The van der Waals surface area contributed by atoms with Crippen molar-refractivity contribution in [3.63, 3.8) is 0 Å². The Kier molecular flexibility index (Phi) is 5.52. The van der Waals surface area contributed by atoms with E-state index in [4.69, 9.17) is 10.5 Å². The molecule has 20 heavy (non-hydrogen) atoms. The number of rotatable bonds is 5. The van der Waals surface area contributed by atoms with Crippen molar-refractivity contribution >= 4 is 27.7 Å². The fourth-order valence-electron chi connectivity index (χ4n) is 2.01. The van der Waals surface area contributed by atoms with Crippen molar-refractivity contribution in [2.24, 2.45) is 5.73 Å². The van der Waals surface area contributed by atoms with E-state index in [9.17, 15) is 0 Å². The normalized spacial score (nSPS) is 13.8. The molecule has 2 aromatic carbocycles. The highest BCUT2D eigenvalue weighted by atomic mass is 79.9. The first kappa shape index (κ1) is 15.4. The minimum atomic E-state index is 0.0311. The number of para-hydroxylation sites is 1. The van der Waals surface area contributed by atoms with Gasteiger partial charge in [-0.15, -0.1) is 11.8 Å². The van der Waals surface area contributed by atoms with E-state index in [0.717, 1.165) is 15.1 Å². The highest BCUT2D eigenvalue weighted by molar-refractivity contribution is 9.10. The van der Waals surface area contributed by atoms with Gasteiger partial charge in [-0.05, 0) is 30.7 Å². The van der Waals surface area contributed by atoms with E-state index in [2.05, 4.69) is 28.1 Å². The van der Waals surface area contributed by atoms with Gasteiger partial charge in [-0.25, -0.2) is 0 Å². The molecule has 4 heteroatoms. The summed E-state index contributed by atoms with van der Waals surface area (Å²) in [6.45, 7) is 2.03. The maximum absolute atomic E-state index is 6.19. The van der Waals surface area contributed by atoms with Crippen LogP contribution in [0.5, 0.6) is 5.75 Å². The van der Waals surface area contributed by atoms with Crippen LogP contribution in [0.15, 0.2) is 57.9 Å². The van der Waals surface area contributed by atoms with E-state index >= 15 is 0 Å².